The fourth-order valence-electron chi connectivity index (χ4n) is 3.70. The molecule has 3 heterocycles. The van der Waals surface area contributed by atoms with Crippen LogP contribution in [-0.4, -0.2) is 41.2 Å². The number of nitrogens with zero attached hydrogens (tertiary/aromatic N) is 5. The van der Waals surface area contributed by atoms with Gasteiger partial charge in [0.25, 0.3) is 5.56 Å². The number of aromatic nitrogens is 6. The van der Waals surface area contributed by atoms with Crippen LogP contribution in [0.5, 0.6) is 0 Å². The molecule has 2 aromatic carbocycles. The summed E-state index contributed by atoms with van der Waals surface area (Å²) in [5.74, 6) is 0.808. The predicted octanol–water partition coefficient (Wildman–Crippen LogP) is 2.51. The Labute approximate surface area is 176 Å². The van der Waals surface area contributed by atoms with Gasteiger partial charge in [0.05, 0.1) is 29.5 Å². The smallest absolute Gasteiger partial charge is 0.266 e. The molecular weight excluding hydrogens is 394 g/mol. The highest BCUT2D eigenvalue weighted by molar-refractivity contribution is 5.83. The van der Waals surface area contributed by atoms with Crippen molar-refractivity contribution in [3.05, 3.63) is 82.9 Å². The first-order chi connectivity index (χ1) is 15.2. The first-order valence-electron chi connectivity index (χ1n) is 9.76. The Kier molecular flexibility index (Phi) is 4.64. The molecule has 0 saturated heterocycles. The second kappa shape index (κ2) is 7.62. The van der Waals surface area contributed by atoms with Gasteiger partial charge >= 0.3 is 0 Å². The SMILES string of the molecule is Cc1cccc2nc(C(CO)Nc3ncnc4[nH]cnc34)n(-c3ccccc3)c(=O)c12. The lowest BCUT2D eigenvalue weighted by atomic mass is 10.1. The summed E-state index contributed by atoms with van der Waals surface area (Å²) in [6, 6.07) is 14.1. The van der Waals surface area contributed by atoms with Crippen molar-refractivity contribution in [1.29, 1.82) is 0 Å². The maximum atomic E-state index is 13.6. The number of aromatic amines is 1. The Morgan fingerprint density at radius 3 is 2.74 bits per heavy atom. The van der Waals surface area contributed by atoms with E-state index in [0.29, 0.717) is 39.4 Å². The Balaban J connectivity index is 1.74. The third-order valence-electron chi connectivity index (χ3n) is 5.17. The van der Waals surface area contributed by atoms with Gasteiger partial charge in [-0.1, -0.05) is 30.3 Å². The van der Waals surface area contributed by atoms with Crippen LogP contribution in [0.2, 0.25) is 0 Å². The summed E-state index contributed by atoms with van der Waals surface area (Å²) in [6.07, 6.45) is 2.92. The third-order valence-corrected chi connectivity index (χ3v) is 5.17. The zero-order valence-corrected chi connectivity index (χ0v) is 16.6. The zero-order valence-electron chi connectivity index (χ0n) is 16.6. The number of rotatable bonds is 5. The molecule has 0 radical (unpaired) electrons. The average Bonchev–Trinajstić information content (AvgIpc) is 3.27. The number of aliphatic hydroxyl groups is 1. The first kappa shape index (κ1) is 18.9. The Bertz CT molecular complexity index is 1440. The van der Waals surface area contributed by atoms with Crippen molar-refractivity contribution in [1.82, 2.24) is 29.5 Å². The summed E-state index contributed by atoms with van der Waals surface area (Å²) in [5.41, 5.74) is 2.97. The molecule has 1 atom stereocenters. The van der Waals surface area contributed by atoms with Crippen LogP contribution in [0, 0.1) is 6.92 Å². The summed E-state index contributed by atoms with van der Waals surface area (Å²) < 4.78 is 1.53. The normalized spacial score (nSPS) is 12.3. The number of aliphatic hydroxyl groups excluding tert-OH is 1. The van der Waals surface area contributed by atoms with E-state index in [1.54, 1.807) is 6.07 Å². The third kappa shape index (κ3) is 3.21. The average molecular weight is 413 g/mol. The van der Waals surface area contributed by atoms with Gasteiger partial charge in [-0.05, 0) is 30.7 Å². The van der Waals surface area contributed by atoms with Crippen LogP contribution in [0.4, 0.5) is 5.82 Å². The Morgan fingerprint density at radius 2 is 1.94 bits per heavy atom. The highest BCUT2D eigenvalue weighted by Crippen LogP contribution is 2.24. The van der Waals surface area contributed by atoms with Crippen molar-refractivity contribution in [3.8, 4) is 5.69 Å². The lowest BCUT2D eigenvalue weighted by molar-refractivity contribution is 0.270. The standard InChI is InChI=1S/C22H19N7O2/c1-13-6-5-9-15-17(13)22(31)29(14-7-3-2-4-8-14)21(28-15)16(10-30)27-20-18-19(24-11-23-18)25-12-26-20/h2-9,11-12,16,30H,10H2,1H3,(H2,23,24,25,26,27). The minimum absolute atomic E-state index is 0.197. The number of imidazole rings is 1. The minimum Gasteiger partial charge on any atom is -0.394 e. The number of nitrogens with one attached hydrogen (secondary N) is 2. The minimum atomic E-state index is -0.715. The monoisotopic (exact) mass is 413 g/mol. The van der Waals surface area contributed by atoms with Gasteiger partial charge < -0.3 is 15.4 Å². The number of H-pyrrole nitrogens is 1. The van der Waals surface area contributed by atoms with E-state index in [0.717, 1.165) is 5.56 Å². The number of anilines is 1. The molecule has 0 aliphatic heterocycles. The van der Waals surface area contributed by atoms with Crippen molar-refractivity contribution >= 4 is 27.9 Å². The lowest BCUT2D eigenvalue weighted by Crippen LogP contribution is -2.30. The van der Waals surface area contributed by atoms with Crippen molar-refractivity contribution in [2.24, 2.45) is 0 Å². The summed E-state index contributed by atoms with van der Waals surface area (Å²) in [6.45, 7) is 1.57. The van der Waals surface area contributed by atoms with Crippen LogP contribution >= 0.6 is 0 Å². The van der Waals surface area contributed by atoms with Gasteiger partial charge in [-0.15, -0.1) is 0 Å². The van der Waals surface area contributed by atoms with Gasteiger partial charge in [-0.3, -0.25) is 9.36 Å². The Hall–Kier alpha value is -4.11. The summed E-state index contributed by atoms with van der Waals surface area (Å²) in [4.78, 5) is 33.9. The van der Waals surface area contributed by atoms with Gasteiger partial charge in [0.1, 0.15) is 23.7 Å². The zero-order chi connectivity index (χ0) is 21.4. The van der Waals surface area contributed by atoms with Crippen LogP contribution in [0.25, 0.3) is 27.8 Å². The van der Waals surface area contributed by atoms with Crippen LogP contribution in [0.3, 0.4) is 0 Å². The predicted molar refractivity (Wildman–Crippen MR) is 117 cm³/mol. The molecule has 154 valence electrons. The van der Waals surface area contributed by atoms with Crippen LogP contribution in [-0.2, 0) is 0 Å². The van der Waals surface area contributed by atoms with E-state index in [1.165, 1.54) is 17.2 Å². The van der Waals surface area contributed by atoms with E-state index < -0.39 is 6.04 Å². The maximum absolute atomic E-state index is 13.6. The highest BCUT2D eigenvalue weighted by atomic mass is 16.3. The van der Waals surface area contributed by atoms with Gasteiger partial charge in [0.15, 0.2) is 11.5 Å². The topological polar surface area (TPSA) is 122 Å². The molecule has 0 bridgehead atoms. The molecule has 1 unspecified atom stereocenters. The number of hydrogen-bond donors (Lipinski definition) is 3. The van der Waals surface area contributed by atoms with E-state index in [4.69, 9.17) is 4.98 Å². The molecule has 0 aliphatic carbocycles. The molecule has 5 rings (SSSR count). The van der Waals surface area contributed by atoms with Crippen molar-refractivity contribution in [2.45, 2.75) is 13.0 Å². The highest BCUT2D eigenvalue weighted by Gasteiger charge is 2.23. The number of aryl methyl sites for hydroxylation is 1. The largest absolute Gasteiger partial charge is 0.394 e. The molecule has 5 aromatic rings. The van der Waals surface area contributed by atoms with Gasteiger partial charge in [0.2, 0.25) is 0 Å². The molecule has 0 fully saturated rings. The number of hydrogen-bond acceptors (Lipinski definition) is 7. The summed E-state index contributed by atoms with van der Waals surface area (Å²) >= 11 is 0. The van der Waals surface area contributed by atoms with Crippen LogP contribution < -0.4 is 10.9 Å². The van der Waals surface area contributed by atoms with Crippen molar-refractivity contribution in [2.75, 3.05) is 11.9 Å². The van der Waals surface area contributed by atoms with Crippen molar-refractivity contribution in [3.63, 3.8) is 0 Å². The molecule has 3 N–H and O–H groups in total. The fourth-order valence-corrected chi connectivity index (χ4v) is 3.70. The second-order valence-corrected chi connectivity index (χ2v) is 7.12. The number of para-hydroxylation sites is 1. The quantitative estimate of drug-likeness (QED) is 0.405. The lowest BCUT2D eigenvalue weighted by Gasteiger charge is -2.22. The van der Waals surface area contributed by atoms with E-state index in [9.17, 15) is 9.90 Å². The van der Waals surface area contributed by atoms with E-state index >= 15 is 0 Å². The summed E-state index contributed by atoms with van der Waals surface area (Å²) in [5, 5.41) is 14.0. The van der Waals surface area contributed by atoms with Crippen molar-refractivity contribution < 1.29 is 5.11 Å². The molecule has 31 heavy (non-hydrogen) atoms. The number of benzene rings is 2. The molecule has 9 nitrogen and oxygen atoms in total. The Morgan fingerprint density at radius 1 is 1.10 bits per heavy atom. The van der Waals surface area contributed by atoms with E-state index in [2.05, 4.69) is 25.3 Å². The molecule has 3 aromatic heterocycles. The van der Waals surface area contributed by atoms with Crippen LogP contribution in [0.15, 0.2) is 66.0 Å². The summed E-state index contributed by atoms with van der Waals surface area (Å²) in [7, 11) is 0. The van der Waals surface area contributed by atoms with Gasteiger partial charge in [-0.25, -0.2) is 19.9 Å². The molecule has 0 amide bonds. The van der Waals surface area contributed by atoms with Gasteiger partial charge in [0, 0.05) is 0 Å². The fraction of sp³-hybridized carbons (Fsp3) is 0.136. The van der Waals surface area contributed by atoms with Crippen LogP contribution in [0.1, 0.15) is 17.4 Å². The molecule has 0 saturated carbocycles. The molecule has 0 spiro atoms. The van der Waals surface area contributed by atoms with Gasteiger partial charge in [-0.2, -0.15) is 0 Å². The first-order valence-corrected chi connectivity index (χ1v) is 9.76. The molecule has 9 heteroatoms. The van der Waals surface area contributed by atoms with E-state index in [1.807, 2.05) is 49.4 Å². The molecular formula is C22H19N7O2. The molecule has 0 aliphatic rings. The van der Waals surface area contributed by atoms with E-state index in [-0.39, 0.29) is 12.2 Å². The maximum Gasteiger partial charge on any atom is 0.266 e. The second-order valence-electron chi connectivity index (χ2n) is 7.12. The number of fused-ring (bicyclic) bond motifs is 2.